The smallest absolute Gasteiger partial charge is 0.331 e. The van der Waals surface area contributed by atoms with Crippen molar-refractivity contribution < 1.29 is 14.3 Å². The summed E-state index contributed by atoms with van der Waals surface area (Å²) in [4.78, 5) is 23.8. The number of nitrogens with zero attached hydrogens (tertiary/aromatic N) is 2. The summed E-state index contributed by atoms with van der Waals surface area (Å²) in [7, 11) is 1.88. The number of carbonyl (C=O) groups is 2. The lowest BCUT2D eigenvalue weighted by Gasteiger charge is -2.03. The van der Waals surface area contributed by atoms with Crippen molar-refractivity contribution >= 4 is 17.8 Å². The van der Waals surface area contributed by atoms with Gasteiger partial charge in [-0.3, -0.25) is 4.79 Å². The Kier molecular flexibility index (Phi) is 5.33. The normalized spacial score (nSPS) is 10.6. The maximum Gasteiger partial charge on any atom is 0.331 e. The Morgan fingerprint density at radius 3 is 2.46 bits per heavy atom. The number of aryl methyl sites for hydroxylation is 1. The highest BCUT2D eigenvalue weighted by molar-refractivity contribution is 6.00. The summed E-state index contributed by atoms with van der Waals surface area (Å²) in [6.07, 6.45) is 2.84. The second kappa shape index (κ2) is 7.42. The first-order valence-corrected chi connectivity index (χ1v) is 7.43. The van der Waals surface area contributed by atoms with Crippen molar-refractivity contribution in [2.45, 2.75) is 13.8 Å². The number of carbonyl (C=O) groups excluding carboxylic acids is 2. The molecule has 5 heteroatoms. The standard InChI is InChI=1S/C19H18N2O3/c1-13-10-17(14(2)21(13)3)18(22)12-24-19(23)9-8-15-4-6-16(11-20)7-5-15/h4-10H,12H2,1-3H3/b9-8+. The predicted octanol–water partition coefficient (Wildman–Crippen LogP) is 2.95. The molecular weight excluding hydrogens is 304 g/mol. The Morgan fingerprint density at radius 2 is 1.92 bits per heavy atom. The van der Waals surface area contributed by atoms with Crippen LogP contribution in [0.4, 0.5) is 0 Å². The molecule has 5 nitrogen and oxygen atoms in total. The number of esters is 1. The molecule has 0 spiro atoms. The molecule has 0 bridgehead atoms. The van der Waals surface area contributed by atoms with Crippen LogP contribution in [-0.4, -0.2) is 22.9 Å². The molecule has 0 N–H and O–H groups in total. The molecular formula is C19H18N2O3. The van der Waals surface area contributed by atoms with Crippen molar-refractivity contribution in [3.05, 3.63) is 64.5 Å². The molecule has 2 aromatic rings. The summed E-state index contributed by atoms with van der Waals surface area (Å²) in [6.45, 7) is 3.48. The first-order valence-electron chi connectivity index (χ1n) is 7.43. The number of hydrogen-bond acceptors (Lipinski definition) is 4. The molecule has 2 rings (SSSR count). The summed E-state index contributed by atoms with van der Waals surface area (Å²) in [5.74, 6) is -0.811. The summed E-state index contributed by atoms with van der Waals surface area (Å²) in [6, 6.07) is 10.6. The molecule has 0 saturated carbocycles. The molecule has 24 heavy (non-hydrogen) atoms. The van der Waals surface area contributed by atoms with Gasteiger partial charge < -0.3 is 9.30 Å². The van der Waals surface area contributed by atoms with Crippen LogP contribution in [0.2, 0.25) is 0 Å². The zero-order valence-electron chi connectivity index (χ0n) is 13.9. The second-order valence-corrected chi connectivity index (χ2v) is 5.44. The molecule has 1 aromatic heterocycles. The fraction of sp³-hybridized carbons (Fsp3) is 0.211. The van der Waals surface area contributed by atoms with E-state index in [0.29, 0.717) is 11.1 Å². The van der Waals surface area contributed by atoms with Crippen LogP contribution in [0.5, 0.6) is 0 Å². The number of aromatic nitrogens is 1. The van der Waals surface area contributed by atoms with Gasteiger partial charge in [0, 0.05) is 30.1 Å². The van der Waals surface area contributed by atoms with Gasteiger partial charge in [0.25, 0.3) is 0 Å². The number of ether oxygens (including phenoxy) is 1. The van der Waals surface area contributed by atoms with E-state index in [2.05, 4.69) is 0 Å². The maximum absolute atomic E-state index is 12.1. The van der Waals surface area contributed by atoms with Crippen LogP contribution in [-0.2, 0) is 16.6 Å². The summed E-state index contributed by atoms with van der Waals surface area (Å²) in [5.41, 5.74) is 3.71. The molecule has 0 saturated heterocycles. The molecule has 0 radical (unpaired) electrons. The molecule has 0 unspecified atom stereocenters. The van der Waals surface area contributed by atoms with E-state index in [9.17, 15) is 9.59 Å². The number of ketones is 1. The van der Waals surface area contributed by atoms with E-state index in [1.165, 1.54) is 6.08 Å². The van der Waals surface area contributed by atoms with Crippen molar-refractivity contribution in [1.29, 1.82) is 5.26 Å². The van der Waals surface area contributed by atoms with Gasteiger partial charge in [-0.2, -0.15) is 5.26 Å². The van der Waals surface area contributed by atoms with E-state index >= 15 is 0 Å². The molecule has 122 valence electrons. The van der Waals surface area contributed by atoms with Gasteiger partial charge in [-0.1, -0.05) is 12.1 Å². The Balaban J connectivity index is 1.92. The molecule has 0 aliphatic rings. The molecule has 0 aliphatic carbocycles. The lowest BCUT2D eigenvalue weighted by Crippen LogP contribution is -2.13. The molecule has 0 aliphatic heterocycles. The van der Waals surface area contributed by atoms with Crippen molar-refractivity contribution in [3.63, 3.8) is 0 Å². The van der Waals surface area contributed by atoms with Crippen LogP contribution in [0.25, 0.3) is 6.08 Å². The van der Waals surface area contributed by atoms with E-state index in [1.54, 1.807) is 36.4 Å². The first kappa shape index (κ1) is 17.2. The molecule has 1 heterocycles. The van der Waals surface area contributed by atoms with Gasteiger partial charge in [0.2, 0.25) is 5.78 Å². The monoisotopic (exact) mass is 322 g/mol. The van der Waals surface area contributed by atoms with E-state index in [0.717, 1.165) is 17.0 Å². The van der Waals surface area contributed by atoms with Gasteiger partial charge in [0.1, 0.15) is 0 Å². The SMILES string of the molecule is Cc1cc(C(=O)COC(=O)/C=C/c2ccc(C#N)cc2)c(C)n1C. The lowest BCUT2D eigenvalue weighted by molar-refractivity contribution is -0.136. The lowest BCUT2D eigenvalue weighted by atomic mass is 10.1. The molecule has 0 fully saturated rings. The minimum absolute atomic E-state index is 0.226. The third kappa shape index (κ3) is 3.99. The topological polar surface area (TPSA) is 72.1 Å². The van der Waals surface area contributed by atoms with Crippen LogP contribution in [0, 0.1) is 25.2 Å². The van der Waals surface area contributed by atoms with Crippen molar-refractivity contribution in [3.8, 4) is 6.07 Å². The first-order chi connectivity index (χ1) is 11.4. The number of rotatable bonds is 5. The molecule has 0 amide bonds. The summed E-state index contributed by atoms with van der Waals surface area (Å²) >= 11 is 0. The predicted molar refractivity (Wildman–Crippen MR) is 90.4 cm³/mol. The quantitative estimate of drug-likeness (QED) is 0.482. The van der Waals surface area contributed by atoms with Crippen molar-refractivity contribution in [2.75, 3.05) is 6.61 Å². The average Bonchev–Trinajstić information content (AvgIpc) is 2.85. The summed E-state index contributed by atoms with van der Waals surface area (Å²) in [5, 5.41) is 8.73. The Hall–Kier alpha value is -3.13. The highest BCUT2D eigenvalue weighted by Gasteiger charge is 2.15. The third-order valence-electron chi connectivity index (χ3n) is 3.87. The number of benzene rings is 1. The Bertz CT molecular complexity index is 837. The zero-order valence-corrected chi connectivity index (χ0v) is 13.9. The van der Waals surface area contributed by atoms with Gasteiger partial charge in [-0.05, 0) is 43.7 Å². The van der Waals surface area contributed by atoms with Crippen LogP contribution in [0.3, 0.4) is 0 Å². The maximum atomic E-state index is 12.1. The largest absolute Gasteiger partial charge is 0.454 e. The minimum Gasteiger partial charge on any atom is -0.454 e. The van der Waals surface area contributed by atoms with Crippen LogP contribution in [0.15, 0.2) is 36.4 Å². The minimum atomic E-state index is -0.585. The third-order valence-corrected chi connectivity index (χ3v) is 3.87. The number of hydrogen-bond donors (Lipinski definition) is 0. The van der Waals surface area contributed by atoms with Gasteiger partial charge in [0.05, 0.1) is 11.6 Å². The van der Waals surface area contributed by atoms with Gasteiger partial charge in [-0.25, -0.2) is 4.79 Å². The van der Waals surface area contributed by atoms with Crippen molar-refractivity contribution in [2.24, 2.45) is 7.05 Å². The zero-order chi connectivity index (χ0) is 17.7. The molecule has 0 atom stereocenters. The van der Waals surface area contributed by atoms with E-state index in [4.69, 9.17) is 10.00 Å². The fourth-order valence-electron chi connectivity index (χ4n) is 2.23. The number of Topliss-reactive ketones (excluding diaryl/α,β-unsaturated/α-hetero) is 1. The van der Waals surface area contributed by atoms with Crippen LogP contribution in [0.1, 0.15) is 32.9 Å². The Morgan fingerprint density at radius 1 is 1.25 bits per heavy atom. The van der Waals surface area contributed by atoms with Gasteiger partial charge in [0.15, 0.2) is 6.61 Å². The van der Waals surface area contributed by atoms with E-state index in [1.807, 2.05) is 31.5 Å². The van der Waals surface area contributed by atoms with Crippen molar-refractivity contribution in [1.82, 2.24) is 4.57 Å². The van der Waals surface area contributed by atoms with Crippen LogP contribution >= 0.6 is 0 Å². The average molecular weight is 322 g/mol. The second-order valence-electron chi connectivity index (χ2n) is 5.44. The van der Waals surface area contributed by atoms with Crippen LogP contribution < -0.4 is 0 Å². The Labute approximate surface area is 140 Å². The van der Waals surface area contributed by atoms with E-state index in [-0.39, 0.29) is 12.4 Å². The molecule has 1 aromatic carbocycles. The highest BCUT2D eigenvalue weighted by atomic mass is 16.5. The van der Waals surface area contributed by atoms with Gasteiger partial charge in [-0.15, -0.1) is 0 Å². The van der Waals surface area contributed by atoms with Gasteiger partial charge >= 0.3 is 5.97 Å². The highest BCUT2D eigenvalue weighted by Crippen LogP contribution is 2.14. The van der Waals surface area contributed by atoms with E-state index < -0.39 is 5.97 Å². The summed E-state index contributed by atoms with van der Waals surface area (Å²) < 4.78 is 6.91. The number of nitriles is 1. The fourth-order valence-corrected chi connectivity index (χ4v) is 2.23.